The summed E-state index contributed by atoms with van der Waals surface area (Å²) in [5.41, 5.74) is 3.05. The minimum atomic E-state index is -0.626. The van der Waals surface area contributed by atoms with Crippen molar-refractivity contribution < 1.29 is 19.5 Å². The van der Waals surface area contributed by atoms with Gasteiger partial charge in [0.15, 0.2) is 5.75 Å². The summed E-state index contributed by atoms with van der Waals surface area (Å²) in [5.74, 6) is 0.687. The highest BCUT2D eigenvalue weighted by Gasteiger charge is 2.26. The Bertz CT molecular complexity index is 1110. The number of anilines is 1. The molecule has 0 unspecified atom stereocenters. The molecule has 0 atom stereocenters. The number of hydrogen-bond donors (Lipinski definition) is 1. The van der Waals surface area contributed by atoms with E-state index in [1.807, 2.05) is 48.5 Å². The molecule has 0 aromatic heterocycles. The van der Waals surface area contributed by atoms with Crippen molar-refractivity contribution in [3.63, 3.8) is 0 Å². The van der Waals surface area contributed by atoms with E-state index in [4.69, 9.17) is 9.57 Å². The molecule has 3 aromatic carbocycles. The van der Waals surface area contributed by atoms with Gasteiger partial charge in [-0.1, -0.05) is 48.5 Å². The minimum absolute atomic E-state index is 0.0920. The van der Waals surface area contributed by atoms with Crippen LogP contribution in [-0.2, 0) is 11.3 Å². The molecule has 1 heterocycles. The molecule has 0 amide bonds. The number of ether oxygens (including phenoxy) is 1. The van der Waals surface area contributed by atoms with Crippen molar-refractivity contribution in [1.29, 1.82) is 0 Å². The van der Waals surface area contributed by atoms with Crippen LogP contribution < -0.4 is 9.64 Å². The molecule has 1 aliphatic heterocycles. The lowest BCUT2D eigenvalue weighted by atomic mass is 10.1. The fraction of sp³-hybridized carbons (Fsp3) is 0.160. The van der Waals surface area contributed by atoms with Gasteiger partial charge < -0.3 is 19.6 Å². The number of rotatable bonds is 6. The molecular formula is C25H24N2O4. The zero-order valence-corrected chi connectivity index (χ0v) is 17.5. The molecule has 6 nitrogen and oxygen atoms in total. The first-order valence-electron chi connectivity index (χ1n) is 10.0. The Hall–Kier alpha value is -3.77. The molecule has 0 bridgehead atoms. The topological polar surface area (TPSA) is 62.2 Å². The number of carbonyl (C=O) groups is 1. The van der Waals surface area contributed by atoms with Gasteiger partial charge in [-0.05, 0) is 41.8 Å². The average Bonchev–Trinajstić information content (AvgIpc) is 3.10. The number of benzene rings is 3. The van der Waals surface area contributed by atoms with Gasteiger partial charge in [0.25, 0.3) is 0 Å². The van der Waals surface area contributed by atoms with Gasteiger partial charge in [-0.25, -0.2) is 4.79 Å². The van der Waals surface area contributed by atoms with Gasteiger partial charge >= 0.3 is 5.97 Å². The molecule has 0 spiro atoms. The Balaban J connectivity index is 1.63. The van der Waals surface area contributed by atoms with E-state index >= 15 is 0 Å². The third kappa shape index (κ3) is 4.70. The molecule has 0 saturated heterocycles. The van der Waals surface area contributed by atoms with Crippen LogP contribution in [0, 0.1) is 0 Å². The highest BCUT2D eigenvalue weighted by molar-refractivity contribution is 5.93. The first-order chi connectivity index (χ1) is 15.0. The lowest BCUT2D eigenvalue weighted by Crippen LogP contribution is -2.23. The Morgan fingerprint density at radius 3 is 2.58 bits per heavy atom. The molecule has 0 fully saturated rings. The number of para-hydroxylation sites is 2. The SMILES string of the molecule is CN(C)OC(=O)c1cc(C=C2Oc3ccccc3N2CCc2ccccc2)ccc1O. The van der Waals surface area contributed by atoms with Crippen LogP contribution in [0.4, 0.5) is 5.69 Å². The first-order valence-corrected chi connectivity index (χ1v) is 10.0. The summed E-state index contributed by atoms with van der Waals surface area (Å²) in [7, 11) is 3.21. The summed E-state index contributed by atoms with van der Waals surface area (Å²) in [6, 6.07) is 23.0. The van der Waals surface area contributed by atoms with Gasteiger partial charge in [0.05, 0.1) is 5.69 Å². The van der Waals surface area contributed by atoms with Crippen LogP contribution in [0.5, 0.6) is 11.5 Å². The minimum Gasteiger partial charge on any atom is -0.507 e. The zero-order chi connectivity index (χ0) is 21.8. The monoisotopic (exact) mass is 416 g/mol. The summed E-state index contributed by atoms with van der Waals surface area (Å²) in [5, 5.41) is 11.4. The highest BCUT2D eigenvalue weighted by atomic mass is 16.7. The van der Waals surface area contributed by atoms with Crippen molar-refractivity contribution in [2.75, 3.05) is 25.5 Å². The number of phenols is 1. The van der Waals surface area contributed by atoms with Crippen molar-refractivity contribution >= 4 is 17.7 Å². The zero-order valence-electron chi connectivity index (χ0n) is 17.5. The molecule has 1 N–H and O–H groups in total. The third-order valence-electron chi connectivity index (χ3n) is 4.90. The second kappa shape index (κ2) is 8.93. The van der Waals surface area contributed by atoms with E-state index in [-0.39, 0.29) is 11.3 Å². The molecule has 4 rings (SSSR count). The molecular weight excluding hydrogens is 392 g/mol. The molecule has 3 aromatic rings. The Morgan fingerprint density at radius 2 is 1.81 bits per heavy atom. The number of carbonyl (C=O) groups excluding carboxylic acids is 1. The number of hydrogen-bond acceptors (Lipinski definition) is 6. The van der Waals surface area contributed by atoms with E-state index < -0.39 is 5.97 Å². The van der Waals surface area contributed by atoms with Crippen molar-refractivity contribution in [3.8, 4) is 11.5 Å². The summed E-state index contributed by atoms with van der Waals surface area (Å²) in [4.78, 5) is 19.5. The van der Waals surface area contributed by atoms with Crippen LogP contribution in [0.15, 0.2) is 78.7 Å². The fourth-order valence-corrected chi connectivity index (χ4v) is 3.44. The molecule has 0 radical (unpaired) electrons. The van der Waals surface area contributed by atoms with E-state index in [1.165, 1.54) is 16.7 Å². The maximum atomic E-state index is 12.3. The van der Waals surface area contributed by atoms with Crippen molar-refractivity contribution in [1.82, 2.24) is 5.06 Å². The molecule has 31 heavy (non-hydrogen) atoms. The Labute approximate surface area is 181 Å². The van der Waals surface area contributed by atoms with Gasteiger partial charge in [0, 0.05) is 26.7 Å². The lowest BCUT2D eigenvalue weighted by Gasteiger charge is -2.18. The Morgan fingerprint density at radius 1 is 1.06 bits per heavy atom. The van der Waals surface area contributed by atoms with Gasteiger partial charge in [-0.15, -0.1) is 5.06 Å². The number of fused-ring (bicyclic) bond motifs is 1. The molecule has 0 saturated carbocycles. The van der Waals surface area contributed by atoms with E-state index in [1.54, 1.807) is 26.2 Å². The maximum absolute atomic E-state index is 12.3. The second-order valence-corrected chi connectivity index (χ2v) is 7.41. The normalized spacial score (nSPS) is 13.9. The fourth-order valence-electron chi connectivity index (χ4n) is 3.44. The summed E-state index contributed by atoms with van der Waals surface area (Å²) in [6.07, 6.45) is 2.71. The van der Waals surface area contributed by atoms with E-state index in [0.717, 1.165) is 30.0 Å². The van der Waals surface area contributed by atoms with Crippen molar-refractivity contribution in [2.24, 2.45) is 0 Å². The van der Waals surface area contributed by atoms with E-state index in [0.29, 0.717) is 5.88 Å². The van der Waals surface area contributed by atoms with Crippen LogP contribution in [-0.4, -0.2) is 36.8 Å². The van der Waals surface area contributed by atoms with Gasteiger partial charge in [0.1, 0.15) is 11.3 Å². The number of nitrogens with zero attached hydrogens (tertiary/aromatic N) is 2. The standard InChI is InChI=1S/C25H24N2O4/c1-26(2)31-25(29)20-16-19(12-13-22(20)28)17-24-27(15-14-18-8-4-3-5-9-18)21-10-6-7-11-23(21)30-24/h3-13,16-17,28H,14-15H2,1-2H3. The number of phenolic OH excluding ortho intramolecular Hbond substituents is 1. The van der Waals surface area contributed by atoms with Crippen LogP contribution in [0.25, 0.3) is 6.08 Å². The van der Waals surface area contributed by atoms with Crippen LogP contribution in [0.3, 0.4) is 0 Å². The van der Waals surface area contributed by atoms with Crippen LogP contribution >= 0.6 is 0 Å². The molecule has 0 aliphatic carbocycles. The third-order valence-corrected chi connectivity index (χ3v) is 4.90. The molecule has 6 heteroatoms. The molecule has 158 valence electrons. The maximum Gasteiger partial charge on any atom is 0.360 e. The average molecular weight is 416 g/mol. The van der Waals surface area contributed by atoms with E-state index in [2.05, 4.69) is 17.0 Å². The van der Waals surface area contributed by atoms with Crippen molar-refractivity contribution in [2.45, 2.75) is 6.42 Å². The van der Waals surface area contributed by atoms with E-state index in [9.17, 15) is 9.90 Å². The predicted octanol–water partition coefficient (Wildman–Crippen LogP) is 4.47. The highest BCUT2D eigenvalue weighted by Crippen LogP contribution is 2.39. The predicted molar refractivity (Wildman–Crippen MR) is 120 cm³/mol. The number of hydroxylamine groups is 2. The van der Waals surface area contributed by atoms with Crippen LogP contribution in [0.2, 0.25) is 0 Å². The number of aromatic hydroxyl groups is 1. The van der Waals surface area contributed by atoms with Gasteiger partial charge in [-0.3, -0.25) is 0 Å². The summed E-state index contributed by atoms with van der Waals surface area (Å²) < 4.78 is 6.11. The summed E-state index contributed by atoms with van der Waals surface area (Å²) >= 11 is 0. The quantitative estimate of drug-likeness (QED) is 0.599. The summed E-state index contributed by atoms with van der Waals surface area (Å²) in [6.45, 7) is 0.737. The Kier molecular flexibility index (Phi) is 5.91. The van der Waals surface area contributed by atoms with Gasteiger partial charge in [-0.2, -0.15) is 0 Å². The van der Waals surface area contributed by atoms with Crippen molar-refractivity contribution in [3.05, 3.63) is 95.4 Å². The lowest BCUT2D eigenvalue weighted by molar-refractivity contribution is -0.0715. The first kappa shape index (κ1) is 20.5. The largest absolute Gasteiger partial charge is 0.507 e. The molecule has 1 aliphatic rings. The second-order valence-electron chi connectivity index (χ2n) is 7.41. The van der Waals surface area contributed by atoms with Gasteiger partial charge in [0.2, 0.25) is 5.88 Å². The smallest absolute Gasteiger partial charge is 0.360 e. The van der Waals surface area contributed by atoms with Crippen LogP contribution in [0.1, 0.15) is 21.5 Å².